The number of carbonyl (C=O) groups is 2. The Kier molecular flexibility index (Phi) is 6.58. The molecule has 0 atom stereocenters. The van der Waals surface area contributed by atoms with E-state index in [4.69, 9.17) is 18.6 Å². The highest BCUT2D eigenvalue weighted by atomic mass is 19.1. The van der Waals surface area contributed by atoms with Crippen molar-refractivity contribution < 1.29 is 32.6 Å². The van der Waals surface area contributed by atoms with E-state index in [-0.39, 0.29) is 36.2 Å². The van der Waals surface area contributed by atoms with Crippen molar-refractivity contribution in [1.29, 1.82) is 0 Å². The zero-order valence-corrected chi connectivity index (χ0v) is 16.2. The first-order chi connectivity index (χ1) is 14.4. The maximum Gasteiger partial charge on any atom is 0.338 e. The van der Waals surface area contributed by atoms with E-state index in [1.54, 1.807) is 6.92 Å². The Bertz CT molecular complexity index is 1040. The molecule has 1 aromatic heterocycles. The van der Waals surface area contributed by atoms with Gasteiger partial charge in [-0.25, -0.2) is 9.18 Å². The van der Waals surface area contributed by atoms with Crippen LogP contribution < -0.4 is 14.8 Å². The summed E-state index contributed by atoms with van der Waals surface area (Å²) < 4.78 is 33.8. The van der Waals surface area contributed by atoms with Crippen LogP contribution in [-0.2, 0) is 16.1 Å². The second-order valence-corrected chi connectivity index (χ2v) is 6.00. The second kappa shape index (κ2) is 9.50. The monoisotopic (exact) mass is 415 g/mol. The van der Waals surface area contributed by atoms with Crippen molar-refractivity contribution in [2.45, 2.75) is 13.5 Å². The van der Waals surface area contributed by atoms with Crippen molar-refractivity contribution >= 4 is 17.6 Å². The number of aromatic nitrogens is 2. The third-order valence-corrected chi connectivity index (χ3v) is 3.78. The minimum atomic E-state index is -0.621. The lowest BCUT2D eigenvalue weighted by atomic mass is 10.2. The molecule has 30 heavy (non-hydrogen) atoms. The van der Waals surface area contributed by atoms with E-state index in [0.29, 0.717) is 11.6 Å². The van der Waals surface area contributed by atoms with Crippen LogP contribution in [0.5, 0.6) is 11.5 Å². The van der Waals surface area contributed by atoms with Crippen molar-refractivity contribution in [2.24, 2.45) is 0 Å². The Hall–Kier alpha value is -3.95. The van der Waals surface area contributed by atoms with Gasteiger partial charge in [0.05, 0.1) is 12.7 Å². The molecule has 1 N–H and O–H groups in total. The van der Waals surface area contributed by atoms with Crippen LogP contribution in [0.1, 0.15) is 22.1 Å². The number of nitrogens with zero attached hydrogens (tertiary/aromatic N) is 2. The van der Waals surface area contributed by atoms with Crippen LogP contribution in [0.2, 0.25) is 0 Å². The molecule has 0 aliphatic rings. The number of hydrogen-bond donors (Lipinski definition) is 1. The van der Waals surface area contributed by atoms with Gasteiger partial charge in [0.25, 0.3) is 11.8 Å². The Balaban J connectivity index is 1.57. The number of esters is 1. The molecular formula is C20H18FN3O6. The first kappa shape index (κ1) is 20.8. The number of benzene rings is 2. The molecule has 0 aliphatic carbocycles. The molecule has 3 aromatic rings. The number of nitrogens with one attached hydrogen (secondary N) is 1. The summed E-state index contributed by atoms with van der Waals surface area (Å²) in [6, 6.07) is 9.71. The second-order valence-electron chi connectivity index (χ2n) is 6.00. The average Bonchev–Trinajstić information content (AvgIpc) is 3.17. The highest BCUT2D eigenvalue weighted by molar-refractivity contribution is 5.92. The van der Waals surface area contributed by atoms with E-state index >= 15 is 0 Å². The molecule has 156 valence electrons. The van der Waals surface area contributed by atoms with Crippen LogP contribution in [0.15, 0.2) is 46.9 Å². The van der Waals surface area contributed by atoms with Gasteiger partial charge >= 0.3 is 5.97 Å². The molecule has 0 bridgehead atoms. The van der Waals surface area contributed by atoms with E-state index in [1.807, 2.05) is 0 Å². The summed E-state index contributed by atoms with van der Waals surface area (Å²) >= 11 is 0. The quantitative estimate of drug-likeness (QED) is 0.559. The number of rotatable bonds is 8. The lowest BCUT2D eigenvalue weighted by molar-refractivity contribution is -0.118. The first-order valence-electron chi connectivity index (χ1n) is 8.77. The van der Waals surface area contributed by atoms with Gasteiger partial charge in [-0.15, -0.1) is 10.2 Å². The Morgan fingerprint density at radius 1 is 1.10 bits per heavy atom. The molecule has 2 aromatic carbocycles. The van der Waals surface area contributed by atoms with Crippen molar-refractivity contribution in [3.05, 3.63) is 65.6 Å². The van der Waals surface area contributed by atoms with Gasteiger partial charge in [0, 0.05) is 12.6 Å². The fourth-order valence-electron chi connectivity index (χ4n) is 2.39. The van der Waals surface area contributed by atoms with Gasteiger partial charge in [-0.1, -0.05) is 0 Å². The molecule has 0 saturated heterocycles. The van der Waals surface area contributed by atoms with E-state index in [0.717, 1.165) is 0 Å². The third kappa shape index (κ3) is 5.53. The van der Waals surface area contributed by atoms with Crippen LogP contribution in [0.3, 0.4) is 0 Å². The van der Waals surface area contributed by atoms with Crippen molar-refractivity contribution in [1.82, 2.24) is 10.2 Å². The van der Waals surface area contributed by atoms with Crippen molar-refractivity contribution in [3.63, 3.8) is 0 Å². The minimum Gasteiger partial charge on any atom is -0.493 e. The summed E-state index contributed by atoms with van der Waals surface area (Å²) in [6.45, 7) is 1.15. The molecule has 0 saturated carbocycles. The number of halogens is 1. The van der Waals surface area contributed by atoms with Crippen LogP contribution in [-0.4, -0.2) is 35.8 Å². The highest BCUT2D eigenvalue weighted by Gasteiger charge is 2.15. The molecule has 1 heterocycles. The van der Waals surface area contributed by atoms with Gasteiger partial charge in [0.2, 0.25) is 5.89 Å². The number of methoxy groups -OCH3 is 1. The zero-order chi connectivity index (χ0) is 21.5. The highest BCUT2D eigenvalue weighted by Crippen LogP contribution is 2.28. The standard InChI is InChI=1S/C20H18FN3O6/c1-12-23-24-19(30-12)11-29-20(26)13-3-8-16(17(9-13)27-2)28-10-18(25)22-15-6-4-14(21)5-7-15/h3-9H,10-11H2,1-2H3,(H,22,25). The summed E-state index contributed by atoms with van der Waals surface area (Å²) in [6.07, 6.45) is 0. The van der Waals surface area contributed by atoms with Crippen LogP contribution in [0, 0.1) is 12.7 Å². The number of aryl methyl sites for hydroxylation is 1. The molecule has 0 unspecified atom stereocenters. The van der Waals surface area contributed by atoms with Gasteiger partial charge in [-0.2, -0.15) is 0 Å². The van der Waals surface area contributed by atoms with E-state index in [1.165, 1.54) is 49.6 Å². The molecule has 0 fully saturated rings. The lowest BCUT2D eigenvalue weighted by Crippen LogP contribution is -2.20. The predicted molar refractivity (Wildman–Crippen MR) is 102 cm³/mol. The van der Waals surface area contributed by atoms with E-state index in [9.17, 15) is 14.0 Å². The SMILES string of the molecule is COc1cc(C(=O)OCc2nnc(C)o2)ccc1OCC(=O)Nc1ccc(F)cc1. The Labute approximate surface area is 170 Å². The molecule has 10 heteroatoms. The van der Waals surface area contributed by atoms with Crippen LogP contribution >= 0.6 is 0 Å². The number of carbonyl (C=O) groups excluding carboxylic acids is 2. The molecule has 1 amide bonds. The predicted octanol–water partition coefficient (Wildman–Crippen LogP) is 2.90. The largest absolute Gasteiger partial charge is 0.493 e. The van der Waals surface area contributed by atoms with Gasteiger partial charge in [0.1, 0.15) is 5.82 Å². The van der Waals surface area contributed by atoms with Crippen LogP contribution in [0.4, 0.5) is 10.1 Å². The first-order valence-corrected chi connectivity index (χ1v) is 8.77. The van der Waals surface area contributed by atoms with Crippen molar-refractivity contribution in [3.8, 4) is 11.5 Å². The fourth-order valence-corrected chi connectivity index (χ4v) is 2.39. The van der Waals surface area contributed by atoms with E-state index < -0.39 is 17.7 Å². The van der Waals surface area contributed by atoms with Gasteiger partial charge in [-0.05, 0) is 42.5 Å². The molecular weight excluding hydrogens is 397 g/mol. The number of amides is 1. The Morgan fingerprint density at radius 3 is 2.53 bits per heavy atom. The summed E-state index contributed by atoms with van der Waals surface area (Å²) in [4.78, 5) is 24.2. The number of hydrogen-bond acceptors (Lipinski definition) is 8. The smallest absolute Gasteiger partial charge is 0.338 e. The summed E-state index contributed by atoms with van der Waals surface area (Å²) in [7, 11) is 1.40. The lowest BCUT2D eigenvalue weighted by Gasteiger charge is -2.12. The van der Waals surface area contributed by atoms with Crippen LogP contribution in [0.25, 0.3) is 0 Å². The number of anilines is 1. The van der Waals surface area contributed by atoms with Gasteiger partial charge in [0.15, 0.2) is 24.7 Å². The molecule has 0 spiro atoms. The molecule has 3 rings (SSSR count). The topological polar surface area (TPSA) is 113 Å². The van der Waals surface area contributed by atoms with Gasteiger partial charge < -0.3 is 23.9 Å². The summed E-state index contributed by atoms with van der Waals surface area (Å²) in [5.74, 6) is -0.414. The van der Waals surface area contributed by atoms with E-state index in [2.05, 4.69) is 15.5 Å². The summed E-state index contributed by atoms with van der Waals surface area (Å²) in [5.41, 5.74) is 0.651. The van der Waals surface area contributed by atoms with Crippen molar-refractivity contribution in [2.75, 3.05) is 19.0 Å². The minimum absolute atomic E-state index is 0.163. The van der Waals surface area contributed by atoms with Gasteiger partial charge in [-0.3, -0.25) is 4.79 Å². The Morgan fingerprint density at radius 2 is 1.87 bits per heavy atom. The average molecular weight is 415 g/mol. The third-order valence-electron chi connectivity index (χ3n) is 3.78. The maximum absolute atomic E-state index is 12.9. The maximum atomic E-state index is 12.9. The normalized spacial score (nSPS) is 10.4. The number of ether oxygens (including phenoxy) is 3. The molecule has 9 nitrogen and oxygen atoms in total. The molecule has 0 radical (unpaired) electrons. The fraction of sp³-hybridized carbons (Fsp3) is 0.200. The molecule has 0 aliphatic heterocycles. The summed E-state index contributed by atoms with van der Waals surface area (Å²) in [5, 5.41) is 9.96. The zero-order valence-electron chi connectivity index (χ0n) is 16.2.